The molecule has 0 fully saturated rings. The van der Waals surface area contributed by atoms with E-state index in [1.807, 2.05) is 0 Å². The number of halogens is 3. The Bertz CT molecular complexity index is 1180. The average Bonchev–Trinajstić information content (AvgIpc) is 3.42. The number of allylic oxidation sites excluding steroid dienone is 2. The number of rotatable bonds is 6. The third-order valence-corrected chi connectivity index (χ3v) is 5.43. The van der Waals surface area contributed by atoms with Gasteiger partial charge in [-0.2, -0.15) is 13.2 Å². The molecule has 0 aromatic carbocycles. The standard InChI is InChI=1S/C21H21F3N6O4/c1-11-6-16(29(3)28-19(11)34-9-21(22,23)24)12(2)30-7-14-13(20(30)32)4-5-25-17(14)27-18(31)15-8-33-10-26-15/h4-6,8,10,12,28H,7,9H2,1-3H3,(H,25,27,31). The maximum atomic E-state index is 13.1. The number of carbonyl (C=O) groups excluding carboxylic acids is 2. The zero-order valence-electron chi connectivity index (χ0n) is 18.4. The summed E-state index contributed by atoms with van der Waals surface area (Å²) in [5.41, 5.74) is 4.88. The molecule has 2 N–H and O–H groups in total. The number of nitrogens with one attached hydrogen (secondary N) is 2. The Hall–Kier alpha value is -4.03. The maximum absolute atomic E-state index is 13.1. The molecule has 2 aliphatic rings. The second-order valence-electron chi connectivity index (χ2n) is 7.78. The molecule has 1 atom stereocenters. The molecule has 0 radical (unpaired) electrons. The molecule has 1 unspecified atom stereocenters. The van der Waals surface area contributed by atoms with Gasteiger partial charge < -0.3 is 19.4 Å². The van der Waals surface area contributed by atoms with Crippen molar-refractivity contribution in [3.63, 3.8) is 0 Å². The van der Waals surface area contributed by atoms with Gasteiger partial charge in [0.15, 0.2) is 18.7 Å². The molecule has 0 spiro atoms. The van der Waals surface area contributed by atoms with Crippen LogP contribution in [0.15, 0.2) is 52.6 Å². The van der Waals surface area contributed by atoms with E-state index in [1.54, 1.807) is 37.9 Å². The lowest BCUT2D eigenvalue weighted by Gasteiger charge is -2.36. The monoisotopic (exact) mass is 478 g/mol. The number of anilines is 1. The molecule has 10 nitrogen and oxygen atoms in total. The Kier molecular flexibility index (Phi) is 5.94. The smallest absolute Gasteiger partial charge is 0.422 e. The van der Waals surface area contributed by atoms with Crippen LogP contribution in [0.4, 0.5) is 19.0 Å². The van der Waals surface area contributed by atoms with Crippen LogP contribution < -0.4 is 10.7 Å². The van der Waals surface area contributed by atoms with Gasteiger partial charge in [-0.1, -0.05) is 0 Å². The van der Waals surface area contributed by atoms with Crippen molar-refractivity contribution in [3.05, 3.63) is 65.0 Å². The third kappa shape index (κ3) is 4.54. The number of oxazole rings is 1. The lowest BCUT2D eigenvalue weighted by atomic mass is 10.1. The first-order chi connectivity index (χ1) is 16.0. The van der Waals surface area contributed by atoms with Gasteiger partial charge in [-0.3, -0.25) is 20.0 Å². The zero-order valence-corrected chi connectivity index (χ0v) is 18.4. The van der Waals surface area contributed by atoms with Gasteiger partial charge in [0.05, 0.1) is 18.3 Å². The molecular weight excluding hydrogens is 457 g/mol. The predicted octanol–water partition coefficient (Wildman–Crippen LogP) is 2.81. The van der Waals surface area contributed by atoms with Crippen LogP contribution in [0.2, 0.25) is 0 Å². The summed E-state index contributed by atoms with van der Waals surface area (Å²) >= 11 is 0. The molecule has 34 heavy (non-hydrogen) atoms. The fourth-order valence-electron chi connectivity index (χ4n) is 3.72. The first kappa shape index (κ1) is 23.1. The largest absolute Gasteiger partial charge is 0.468 e. The van der Waals surface area contributed by atoms with Gasteiger partial charge in [0, 0.05) is 29.9 Å². The molecule has 0 aliphatic carbocycles. The summed E-state index contributed by atoms with van der Waals surface area (Å²) in [6, 6.07) is 1.11. The number of amides is 2. The highest BCUT2D eigenvalue weighted by molar-refractivity contribution is 6.05. The van der Waals surface area contributed by atoms with Gasteiger partial charge in [0.1, 0.15) is 12.1 Å². The van der Waals surface area contributed by atoms with Crippen LogP contribution in [0.25, 0.3) is 0 Å². The molecule has 2 aromatic heterocycles. The molecule has 2 aromatic rings. The first-order valence-corrected chi connectivity index (χ1v) is 10.2. The minimum absolute atomic E-state index is 0.0196. The van der Waals surface area contributed by atoms with E-state index >= 15 is 0 Å². The third-order valence-electron chi connectivity index (χ3n) is 5.43. The van der Waals surface area contributed by atoms with Gasteiger partial charge in [0.25, 0.3) is 11.8 Å². The predicted molar refractivity (Wildman–Crippen MR) is 112 cm³/mol. The maximum Gasteiger partial charge on any atom is 0.422 e. The minimum atomic E-state index is -4.46. The van der Waals surface area contributed by atoms with E-state index in [0.29, 0.717) is 22.4 Å². The van der Waals surface area contributed by atoms with Crippen LogP contribution in [0.1, 0.15) is 40.3 Å². The van der Waals surface area contributed by atoms with Crippen LogP contribution in [-0.2, 0) is 11.3 Å². The summed E-state index contributed by atoms with van der Waals surface area (Å²) in [6.45, 7) is 2.15. The summed E-state index contributed by atoms with van der Waals surface area (Å²) in [7, 11) is 1.62. The molecule has 2 aliphatic heterocycles. The van der Waals surface area contributed by atoms with E-state index in [1.165, 1.54) is 17.5 Å². The Morgan fingerprint density at radius 1 is 1.38 bits per heavy atom. The Labute approximate surface area is 192 Å². The van der Waals surface area contributed by atoms with Crippen molar-refractivity contribution in [3.8, 4) is 0 Å². The van der Waals surface area contributed by atoms with Crippen LogP contribution >= 0.6 is 0 Å². The Balaban J connectivity index is 1.54. The lowest BCUT2D eigenvalue weighted by Crippen LogP contribution is -2.46. The Morgan fingerprint density at radius 3 is 2.82 bits per heavy atom. The number of aromatic nitrogens is 2. The summed E-state index contributed by atoms with van der Waals surface area (Å²) in [6.07, 6.45) is 0.943. The summed E-state index contributed by atoms with van der Waals surface area (Å²) < 4.78 is 47.2. The molecule has 2 amide bonds. The number of fused-ring (bicyclic) bond motifs is 1. The van der Waals surface area contributed by atoms with Crippen molar-refractivity contribution < 1.29 is 31.9 Å². The number of hydrazine groups is 1. The van der Waals surface area contributed by atoms with E-state index in [0.717, 1.165) is 6.39 Å². The highest BCUT2D eigenvalue weighted by Crippen LogP contribution is 2.32. The molecule has 180 valence electrons. The van der Waals surface area contributed by atoms with E-state index in [4.69, 9.17) is 9.15 Å². The van der Waals surface area contributed by atoms with E-state index in [2.05, 4.69) is 20.7 Å². The fourth-order valence-corrected chi connectivity index (χ4v) is 3.72. The Morgan fingerprint density at radius 2 is 2.15 bits per heavy atom. The fraction of sp³-hybridized carbons (Fsp3) is 0.333. The van der Waals surface area contributed by atoms with Crippen molar-refractivity contribution in [2.75, 3.05) is 19.0 Å². The van der Waals surface area contributed by atoms with Crippen LogP contribution in [0.3, 0.4) is 0 Å². The number of pyridine rings is 1. The number of hydrogen-bond acceptors (Lipinski definition) is 8. The minimum Gasteiger partial charge on any atom is -0.468 e. The number of carbonyl (C=O) groups is 2. The van der Waals surface area contributed by atoms with Gasteiger partial charge in [-0.15, -0.1) is 0 Å². The topological polar surface area (TPSA) is 113 Å². The van der Waals surface area contributed by atoms with Crippen molar-refractivity contribution in [1.29, 1.82) is 0 Å². The van der Waals surface area contributed by atoms with E-state index < -0.39 is 24.7 Å². The van der Waals surface area contributed by atoms with Gasteiger partial charge >= 0.3 is 6.18 Å². The SMILES string of the molecule is CC1=C(OCC(F)(F)F)NN(C)C(C(C)N2Cc3c(ccnc3NC(=O)c3cocn3)C2=O)=C1. The summed E-state index contributed by atoms with van der Waals surface area (Å²) in [5.74, 6) is -0.581. The van der Waals surface area contributed by atoms with Gasteiger partial charge in [0.2, 0.25) is 5.88 Å². The number of ether oxygens (including phenoxy) is 1. The molecular formula is C21H21F3N6O4. The van der Waals surface area contributed by atoms with Crippen molar-refractivity contribution in [2.45, 2.75) is 32.6 Å². The van der Waals surface area contributed by atoms with E-state index in [9.17, 15) is 22.8 Å². The van der Waals surface area contributed by atoms with Crippen molar-refractivity contribution in [1.82, 2.24) is 25.3 Å². The molecule has 0 bridgehead atoms. The van der Waals surface area contributed by atoms with Crippen molar-refractivity contribution in [2.24, 2.45) is 0 Å². The van der Waals surface area contributed by atoms with Crippen LogP contribution in [0.5, 0.6) is 0 Å². The van der Waals surface area contributed by atoms with E-state index in [-0.39, 0.29) is 29.8 Å². The zero-order chi connectivity index (χ0) is 24.6. The number of nitrogens with zero attached hydrogens (tertiary/aromatic N) is 4. The lowest BCUT2D eigenvalue weighted by molar-refractivity contribution is -0.167. The number of alkyl halides is 3. The second-order valence-corrected chi connectivity index (χ2v) is 7.78. The average molecular weight is 478 g/mol. The normalized spacial score (nSPS) is 16.8. The molecule has 0 saturated heterocycles. The summed E-state index contributed by atoms with van der Waals surface area (Å²) in [5, 5.41) is 4.15. The number of likely N-dealkylation sites (N-methyl/N-ethyl adjacent to an activating group) is 1. The highest BCUT2D eigenvalue weighted by Gasteiger charge is 2.37. The van der Waals surface area contributed by atoms with Gasteiger partial charge in [-0.25, -0.2) is 9.97 Å². The molecule has 4 heterocycles. The van der Waals surface area contributed by atoms with Crippen LogP contribution in [0, 0.1) is 0 Å². The van der Waals surface area contributed by atoms with Gasteiger partial charge in [-0.05, 0) is 26.0 Å². The quantitative estimate of drug-likeness (QED) is 0.652. The highest BCUT2D eigenvalue weighted by atomic mass is 19.4. The molecule has 4 rings (SSSR count). The van der Waals surface area contributed by atoms with Crippen LogP contribution in [-0.4, -0.2) is 57.6 Å². The van der Waals surface area contributed by atoms with Crippen molar-refractivity contribution >= 4 is 17.6 Å². The molecule has 0 saturated carbocycles. The summed E-state index contributed by atoms with van der Waals surface area (Å²) in [4.78, 5) is 35.1. The number of hydrogen-bond donors (Lipinski definition) is 2. The second kappa shape index (κ2) is 8.72. The first-order valence-electron chi connectivity index (χ1n) is 10.2. The molecule has 13 heteroatoms.